The second kappa shape index (κ2) is 18.3. The van der Waals surface area contributed by atoms with Crippen LogP contribution in [0.2, 0.25) is 0 Å². The Labute approximate surface area is 199 Å². The maximum atomic E-state index is 11.5. The first-order valence-electron chi connectivity index (χ1n) is 13.9. The van der Waals surface area contributed by atoms with E-state index in [2.05, 4.69) is 38.2 Å². The van der Waals surface area contributed by atoms with E-state index in [1.165, 1.54) is 102 Å². The zero-order valence-corrected chi connectivity index (χ0v) is 22.0. The van der Waals surface area contributed by atoms with Gasteiger partial charge in [0, 0.05) is 20.3 Å². The Morgan fingerprint density at radius 2 is 1.44 bits per heavy atom. The molecule has 0 aromatic carbocycles. The molecule has 0 bridgehead atoms. The van der Waals surface area contributed by atoms with Crippen molar-refractivity contribution in [1.29, 1.82) is 0 Å². The molecule has 0 spiro atoms. The molecule has 1 N–H and O–H groups in total. The predicted molar refractivity (Wildman–Crippen MR) is 140 cm³/mol. The van der Waals surface area contributed by atoms with Crippen LogP contribution >= 0.6 is 0 Å². The second-order valence-electron chi connectivity index (χ2n) is 9.79. The number of hydrogen-bond acceptors (Lipinski definition) is 2. The van der Waals surface area contributed by atoms with E-state index < -0.39 is 0 Å². The van der Waals surface area contributed by atoms with Crippen LogP contribution in [-0.4, -0.2) is 42.0 Å². The summed E-state index contributed by atoms with van der Waals surface area (Å²) in [6.45, 7) is 11.2. The van der Waals surface area contributed by atoms with Crippen LogP contribution in [0.25, 0.3) is 0 Å². The molecular weight excluding hydrogens is 394 g/mol. The molecular formula is C28H54N3O+. The van der Waals surface area contributed by atoms with Gasteiger partial charge in [-0.2, -0.15) is 0 Å². The first kappa shape index (κ1) is 28.9. The first-order valence-corrected chi connectivity index (χ1v) is 13.9. The third-order valence-electron chi connectivity index (χ3n) is 7.19. The van der Waals surface area contributed by atoms with Crippen LogP contribution in [0.3, 0.4) is 0 Å². The van der Waals surface area contributed by atoms with Crippen molar-refractivity contribution in [3.8, 4) is 0 Å². The smallest absolute Gasteiger partial charge is 0.221 e. The maximum absolute atomic E-state index is 11.5. The van der Waals surface area contributed by atoms with Crippen LogP contribution in [0.5, 0.6) is 0 Å². The number of quaternary nitrogens is 1. The maximum Gasteiger partial charge on any atom is 0.221 e. The fraction of sp³-hybridized carbons (Fsp3) is 0.857. The largest absolute Gasteiger partial charge is 0.307 e. The van der Waals surface area contributed by atoms with Crippen LogP contribution < -0.4 is 5.32 Å². The van der Waals surface area contributed by atoms with Crippen molar-refractivity contribution in [1.82, 2.24) is 5.32 Å². The fourth-order valence-electron chi connectivity index (χ4n) is 5.09. The van der Waals surface area contributed by atoms with Crippen molar-refractivity contribution in [2.45, 2.75) is 137 Å². The lowest BCUT2D eigenvalue weighted by Crippen LogP contribution is -2.62. The highest BCUT2D eigenvalue weighted by Gasteiger charge is 2.41. The van der Waals surface area contributed by atoms with E-state index in [0.717, 1.165) is 30.5 Å². The van der Waals surface area contributed by atoms with Crippen molar-refractivity contribution in [2.24, 2.45) is 4.99 Å². The van der Waals surface area contributed by atoms with Crippen molar-refractivity contribution in [3.63, 3.8) is 0 Å². The summed E-state index contributed by atoms with van der Waals surface area (Å²) in [6, 6.07) is 0. The molecule has 2 atom stereocenters. The summed E-state index contributed by atoms with van der Waals surface area (Å²) in [4.78, 5) is 16.4. The Hall–Kier alpha value is -1.16. The molecule has 0 aromatic rings. The molecule has 1 rings (SSSR count). The molecule has 0 saturated carbocycles. The Kier molecular flexibility index (Phi) is 16.5. The number of hydrogen-bond donors (Lipinski definition) is 1. The summed E-state index contributed by atoms with van der Waals surface area (Å²) in [7, 11) is 0. The van der Waals surface area contributed by atoms with Gasteiger partial charge in [-0.1, -0.05) is 83.3 Å². The zero-order chi connectivity index (χ0) is 23.5. The number of nitrogens with one attached hydrogen (secondary N) is 1. The molecule has 0 radical (unpaired) electrons. The van der Waals surface area contributed by atoms with E-state index in [-0.39, 0.29) is 12.1 Å². The lowest BCUT2D eigenvalue weighted by Gasteiger charge is -2.39. The molecule has 0 saturated heterocycles. The molecule has 0 aliphatic carbocycles. The van der Waals surface area contributed by atoms with Crippen molar-refractivity contribution in [3.05, 3.63) is 12.2 Å². The Bertz CT molecular complexity index is 543. The number of carbonyl (C=O) groups excluding carboxylic acids is 1. The lowest BCUT2D eigenvalue weighted by molar-refractivity contribution is -0.861. The summed E-state index contributed by atoms with van der Waals surface area (Å²) >= 11 is 0. The number of carbonyl (C=O) groups is 1. The number of nitrogens with zero attached hydrogens (tertiary/aromatic N) is 2. The molecule has 2 unspecified atom stereocenters. The highest BCUT2D eigenvalue weighted by Crippen LogP contribution is 2.23. The predicted octanol–water partition coefficient (Wildman–Crippen LogP) is 7.54. The minimum absolute atomic E-state index is 0.0577. The molecule has 1 aliphatic heterocycles. The highest BCUT2D eigenvalue weighted by atomic mass is 16.1. The summed E-state index contributed by atoms with van der Waals surface area (Å²) in [5.41, 5.74) is 0. The lowest BCUT2D eigenvalue weighted by atomic mass is 10.1. The topological polar surface area (TPSA) is 41.5 Å². The Morgan fingerprint density at radius 1 is 0.906 bits per heavy atom. The number of aliphatic imine (C=N–C) groups is 1. The third-order valence-corrected chi connectivity index (χ3v) is 7.19. The highest BCUT2D eigenvalue weighted by molar-refractivity contribution is 5.78. The van der Waals surface area contributed by atoms with E-state index >= 15 is 0 Å². The first-order chi connectivity index (χ1) is 15.6. The molecule has 1 heterocycles. The van der Waals surface area contributed by atoms with Crippen LogP contribution in [0.4, 0.5) is 0 Å². The number of amides is 1. The molecule has 0 fully saturated rings. The van der Waals surface area contributed by atoms with Crippen molar-refractivity contribution in [2.75, 3.05) is 19.6 Å². The molecule has 186 valence electrons. The van der Waals surface area contributed by atoms with Crippen LogP contribution in [0, 0.1) is 0 Å². The van der Waals surface area contributed by atoms with Gasteiger partial charge in [0.1, 0.15) is 6.54 Å². The Balaban J connectivity index is 2.02. The average Bonchev–Trinajstić information content (AvgIpc) is 3.19. The monoisotopic (exact) mass is 448 g/mol. The van der Waals surface area contributed by atoms with Crippen molar-refractivity contribution >= 4 is 11.7 Å². The average molecular weight is 449 g/mol. The van der Waals surface area contributed by atoms with Crippen molar-refractivity contribution < 1.29 is 9.28 Å². The fourth-order valence-corrected chi connectivity index (χ4v) is 5.09. The molecule has 1 aliphatic rings. The normalized spacial score (nSPS) is 19.4. The quantitative estimate of drug-likeness (QED) is 0.117. The van der Waals surface area contributed by atoms with Crippen LogP contribution in [-0.2, 0) is 4.79 Å². The van der Waals surface area contributed by atoms with Crippen LogP contribution in [0.15, 0.2) is 17.1 Å². The summed E-state index contributed by atoms with van der Waals surface area (Å²) in [5, 5.41) is 3.11. The van der Waals surface area contributed by atoms with E-state index in [0.29, 0.717) is 0 Å². The van der Waals surface area contributed by atoms with Gasteiger partial charge in [0.15, 0.2) is 12.0 Å². The second-order valence-corrected chi connectivity index (χ2v) is 9.79. The number of likely N-dealkylation sites (N-methyl/N-ethyl adjacent to an activating group) is 1. The van der Waals surface area contributed by atoms with E-state index in [9.17, 15) is 4.79 Å². The van der Waals surface area contributed by atoms with Crippen LogP contribution in [0.1, 0.15) is 130 Å². The molecule has 4 heteroatoms. The van der Waals surface area contributed by atoms with Gasteiger partial charge in [0.25, 0.3) is 0 Å². The number of amidine groups is 1. The van der Waals surface area contributed by atoms with Gasteiger partial charge in [-0.25, -0.2) is 4.99 Å². The summed E-state index contributed by atoms with van der Waals surface area (Å²) < 4.78 is 0.852. The standard InChI is InChI=1S/C28H53N3O/c1-5-7-8-9-10-11-12-13-14-15-16-17-18-19-20-21-22-23-28-29-24-25-31(28,6-2)26(3)30-27(4)32/h14-15,26H,5-13,16-25H2,1-4H3/p+1/b15-14+. The summed E-state index contributed by atoms with van der Waals surface area (Å²) in [6.07, 6.45) is 26.3. The van der Waals surface area contributed by atoms with E-state index in [4.69, 9.17) is 4.99 Å². The van der Waals surface area contributed by atoms with Gasteiger partial charge in [-0.15, -0.1) is 0 Å². The van der Waals surface area contributed by atoms with Gasteiger partial charge in [-0.05, 0) is 39.0 Å². The number of allylic oxidation sites excluding steroid dienone is 2. The minimum atomic E-state index is 0.0577. The number of unbranched alkanes of at least 4 members (excludes halogenated alkanes) is 13. The molecule has 32 heavy (non-hydrogen) atoms. The molecule has 4 nitrogen and oxygen atoms in total. The third kappa shape index (κ3) is 11.6. The SMILES string of the molecule is CCCCCCCCC/C=C/CCCCCCCCC1=NCC[N+]1(CC)C(C)NC(C)=O. The molecule has 1 amide bonds. The van der Waals surface area contributed by atoms with Gasteiger partial charge < -0.3 is 5.32 Å². The summed E-state index contributed by atoms with van der Waals surface area (Å²) in [5.74, 6) is 1.36. The van der Waals surface area contributed by atoms with Gasteiger partial charge in [-0.3, -0.25) is 9.28 Å². The molecule has 0 aromatic heterocycles. The van der Waals surface area contributed by atoms with Gasteiger partial charge in [0.2, 0.25) is 5.91 Å². The zero-order valence-electron chi connectivity index (χ0n) is 22.0. The number of rotatable bonds is 20. The minimum Gasteiger partial charge on any atom is -0.307 e. The van der Waals surface area contributed by atoms with E-state index in [1.807, 2.05) is 0 Å². The Morgan fingerprint density at radius 3 is 1.97 bits per heavy atom. The van der Waals surface area contributed by atoms with Gasteiger partial charge >= 0.3 is 0 Å². The van der Waals surface area contributed by atoms with Gasteiger partial charge in [0.05, 0.1) is 13.1 Å². The van der Waals surface area contributed by atoms with E-state index in [1.54, 1.807) is 6.92 Å².